The number of carbonyl (C=O) groups is 1. The van der Waals surface area contributed by atoms with Crippen LogP contribution in [0.3, 0.4) is 0 Å². The molecule has 9 heteroatoms. The summed E-state index contributed by atoms with van der Waals surface area (Å²) in [6.45, 7) is 2.60. The summed E-state index contributed by atoms with van der Waals surface area (Å²) in [6.07, 6.45) is 0.431. The molecule has 1 amide bonds. The summed E-state index contributed by atoms with van der Waals surface area (Å²) in [6, 6.07) is 7.79. The molecule has 0 radical (unpaired) electrons. The van der Waals surface area contributed by atoms with Gasteiger partial charge in [0.05, 0.1) is 13.2 Å². The van der Waals surface area contributed by atoms with E-state index in [0.29, 0.717) is 32.0 Å². The second-order valence-corrected chi connectivity index (χ2v) is 5.14. The Kier molecular flexibility index (Phi) is 6.45. The fraction of sp³-hybridized carbons (Fsp3) is 0.429. The van der Waals surface area contributed by atoms with Crippen LogP contribution in [0, 0.1) is 0 Å². The predicted octanol–water partition coefficient (Wildman–Crippen LogP) is 0.283. The van der Waals surface area contributed by atoms with Gasteiger partial charge in [0, 0.05) is 31.1 Å². The number of carbonyl (C=O) groups excluding carboxylic acids is 1. The third-order valence-corrected chi connectivity index (χ3v) is 3.48. The number of hydrogen-bond acceptors (Lipinski definition) is 6. The molecule has 0 spiro atoms. The Balaban J connectivity index is 0.00000192. The number of hydrogen-bond donors (Lipinski definition) is 3. The van der Waals surface area contributed by atoms with Gasteiger partial charge in [-0.2, -0.15) is 5.21 Å². The van der Waals surface area contributed by atoms with Crippen LogP contribution in [0.25, 0.3) is 11.4 Å². The molecule has 1 aliphatic heterocycles. The number of morpholine rings is 1. The summed E-state index contributed by atoms with van der Waals surface area (Å²) in [5.41, 5.74) is 1.90. The third kappa shape index (κ3) is 4.98. The summed E-state index contributed by atoms with van der Waals surface area (Å²) in [5, 5.41) is 20.0. The van der Waals surface area contributed by atoms with E-state index in [1.807, 2.05) is 24.3 Å². The number of halogens is 1. The highest BCUT2D eigenvalue weighted by atomic mass is 35.5. The lowest BCUT2D eigenvalue weighted by molar-refractivity contribution is -0.122. The maximum absolute atomic E-state index is 11.9. The standard InChI is InChI=1S/C14H18N6O2.ClH/c21-13(7-12-9-22-6-5-15-12)16-8-10-1-3-11(4-2-10)14-17-19-20-18-14;/h1-4,12,15H,5-9H2,(H,16,21)(H,17,18,19,20);1H. The fourth-order valence-electron chi connectivity index (χ4n) is 2.30. The van der Waals surface area contributed by atoms with Crippen molar-refractivity contribution in [2.24, 2.45) is 0 Å². The van der Waals surface area contributed by atoms with Crippen LogP contribution >= 0.6 is 12.4 Å². The summed E-state index contributed by atoms with van der Waals surface area (Å²) >= 11 is 0. The largest absolute Gasteiger partial charge is 0.378 e. The number of amides is 1. The Bertz CT molecular complexity index is 598. The molecule has 0 aliphatic carbocycles. The van der Waals surface area contributed by atoms with Gasteiger partial charge in [0.2, 0.25) is 11.7 Å². The summed E-state index contributed by atoms with van der Waals surface area (Å²) in [4.78, 5) is 11.9. The van der Waals surface area contributed by atoms with E-state index in [-0.39, 0.29) is 24.4 Å². The molecule has 124 valence electrons. The minimum atomic E-state index is 0. The zero-order valence-electron chi connectivity index (χ0n) is 12.5. The maximum Gasteiger partial charge on any atom is 0.221 e. The van der Waals surface area contributed by atoms with Gasteiger partial charge in [-0.15, -0.1) is 22.6 Å². The van der Waals surface area contributed by atoms with E-state index in [1.54, 1.807) is 0 Å². The molecule has 3 rings (SSSR count). The molecule has 0 bridgehead atoms. The van der Waals surface area contributed by atoms with Crippen LogP contribution in [0.5, 0.6) is 0 Å². The zero-order chi connectivity index (χ0) is 15.2. The number of rotatable bonds is 5. The monoisotopic (exact) mass is 338 g/mol. The Labute approximate surface area is 139 Å². The number of aromatic nitrogens is 4. The molecule has 8 nitrogen and oxygen atoms in total. The Morgan fingerprint density at radius 3 is 2.83 bits per heavy atom. The first-order valence-corrected chi connectivity index (χ1v) is 7.22. The lowest BCUT2D eigenvalue weighted by Gasteiger charge is -2.23. The minimum Gasteiger partial charge on any atom is -0.378 e. The van der Waals surface area contributed by atoms with Crippen LogP contribution < -0.4 is 10.6 Å². The normalized spacial score (nSPS) is 17.3. The van der Waals surface area contributed by atoms with E-state index in [1.165, 1.54) is 0 Å². The second-order valence-electron chi connectivity index (χ2n) is 5.14. The van der Waals surface area contributed by atoms with Crippen LogP contribution in [0.2, 0.25) is 0 Å². The average Bonchev–Trinajstić information content (AvgIpc) is 3.09. The fourth-order valence-corrected chi connectivity index (χ4v) is 2.30. The SMILES string of the molecule is Cl.O=C(CC1COCCN1)NCc1ccc(-c2nn[nH]n2)cc1. The topological polar surface area (TPSA) is 105 Å². The van der Waals surface area contributed by atoms with Crippen molar-refractivity contribution >= 4 is 18.3 Å². The van der Waals surface area contributed by atoms with Gasteiger partial charge in [0.25, 0.3) is 0 Å². The molecule has 1 aliphatic rings. The molecule has 1 aromatic heterocycles. The van der Waals surface area contributed by atoms with Crippen molar-refractivity contribution in [2.45, 2.75) is 19.0 Å². The van der Waals surface area contributed by atoms with Crippen molar-refractivity contribution in [3.63, 3.8) is 0 Å². The Hall–Kier alpha value is -2.03. The van der Waals surface area contributed by atoms with Gasteiger partial charge in [0.1, 0.15) is 0 Å². The molecule has 1 saturated heterocycles. The van der Waals surface area contributed by atoms with E-state index < -0.39 is 0 Å². The van der Waals surface area contributed by atoms with E-state index in [4.69, 9.17) is 4.74 Å². The molecule has 3 N–H and O–H groups in total. The molecule has 1 unspecified atom stereocenters. The number of nitrogens with zero attached hydrogens (tertiary/aromatic N) is 3. The highest BCUT2D eigenvalue weighted by Gasteiger charge is 2.16. The number of nitrogens with one attached hydrogen (secondary N) is 3. The first-order chi connectivity index (χ1) is 10.8. The number of H-pyrrole nitrogens is 1. The van der Waals surface area contributed by atoms with E-state index in [2.05, 4.69) is 31.3 Å². The summed E-state index contributed by atoms with van der Waals surface area (Å²) in [5.74, 6) is 0.573. The van der Waals surface area contributed by atoms with Gasteiger partial charge in [-0.05, 0) is 10.8 Å². The van der Waals surface area contributed by atoms with E-state index in [9.17, 15) is 4.79 Å². The van der Waals surface area contributed by atoms with Gasteiger partial charge in [-0.3, -0.25) is 4.79 Å². The van der Waals surface area contributed by atoms with E-state index in [0.717, 1.165) is 17.7 Å². The molecular formula is C14H19ClN6O2. The van der Waals surface area contributed by atoms with Crippen LogP contribution in [-0.2, 0) is 16.1 Å². The van der Waals surface area contributed by atoms with Crippen molar-refractivity contribution in [3.8, 4) is 11.4 Å². The molecule has 1 aromatic carbocycles. The van der Waals surface area contributed by atoms with E-state index >= 15 is 0 Å². The number of benzene rings is 1. The van der Waals surface area contributed by atoms with Crippen molar-refractivity contribution in [1.29, 1.82) is 0 Å². The van der Waals surface area contributed by atoms with Gasteiger partial charge >= 0.3 is 0 Å². The lowest BCUT2D eigenvalue weighted by Crippen LogP contribution is -2.44. The third-order valence-electron chi connectivity index (χ3n) is 3.48. The number of ether oxygens (including phenoxy) is 1. The van der Waals surface area contributed by atoms with Gasteiger partial charge in [-0.1, -0.05) is 24.3 Å². The zero-order valence-corrected chi connectivity index (χ0v) is 13.3. The highest BCUT2D eigenvalue weighted by Crippen LogP contribution is 2.13. The molecule has 1 atom stereocenters. The van der Waals surface area contributed by atoms with Crippen molar-refractivity contribution in [3.05, 3.63) is 29.8 Å². The second kappa shape index (κ2) is 8.56. The molecule has 1 fully saturated rings. The number of tetrazole rings is 1. The lowest BCUT2D eigenvalue weighted by atomic mass is 10.1. The smallest absolute Gasteiger partial charge is 0.221 e. The highest BCUT2D eigenvalue weighted by molar-refractivity contribution is 5.85. The van der Waals surface area contributed by atoms with Gasteiger partial charge < -0.3 is 15.4 Å². The summed E-state index contributed by atoms with van der Waals surface area (Å²) < 4.78 is 5.33. The Morgan fingerprint density at radius 1 is 1.35 bits per heavy atom. The van der Waals surface area contributed by atoms with Gasteiger partial charge in [-0.25, -0.2) is 0 Å². The quantitative estimate of drug-likeness (QED) is 0.723. The molecule has 2 heterocycles. The maximum atomic E-state index is 11.9. The van der Waals surface area contributed by atoms with Crippen molar-refractivity contribution < 1.29 is 9.53 Å². The molecule has 2 aromatic rings. The predicted molar refractivity (Wildman–Crippen MR) is 85.9 cm³/mol. The Morgan fingerprint density at radius 2 is 2.17 bits per heavy atom. The van der Waals surface area contributed by atoms with Crippen molar-refractivity contribution in [2.75, 3.05) is 19.8 Å². The van der Waals surface area contributed by atoms with Crippen molar-refractivity contribution in [1.82, 2.24) is 31.3 Å². The van der Waals surface area contributed by atoms with Gasteiger partial charge in [0.15, 0.2) is 0 Å². The first kappa shape index (κ1) is 17.3. The van der Waals surface area contributed by atoms with Crippen LogP contribution in [-0.4, -0.2) is 52.3 Å². The van der Waals surface area contributed by atoms with Crippen LogP contribution in [0.15, 0.2) is 24.3 Å². The average molecular weight is 339 g/mol. The van der Waals surface area contributed by atoms with Crippen LogP contribution in [0.4, 0.5) is 0 Å². The van der Waals surface area contributed by atoms with Crippen LogP contribution in [0.1, 0.15) is 12.0 Å². The molecule has 23 heavy (non-hydrogen) atoms. The molecular weight excluding hydrogens is 320 g/mol. The molecule has 0 saturated carbocycles. The number of aromatic amines is 1. The summed E-state index contributed by atoms with van der Waals surface area (Å²) in [7, 11) is 0. The minimum absolute atomic E-state index is 0. The first-order valence-electron chi connectivity index (χ1n) is 7.22.